The van der Waals surface area contributed by atoms with Gasteiger partial charge in [-0.3, -0.25) is 4.79 Å². The van der Waals surface area contributed by atoms with Gasteiger partial charge in [0.2, 0.25) is 5.91 Å². The van der Waals surface area contributed by atoms with Crippen LogP contribution in [0, 0.1) is 0 Å². The van der Waals surface area contributed by atoms with Gasteiger partial charge >= 0.3 is 5.97 Å². The van der Waals surface area contributed by atoms with Crippen LogP contribution in [0.2, 0.25) is 10.0 Å². The normalized spacial score (nSPS) is 11.9. The summed E-state index contributed by atoms with van der Waals surface area (Å²) in [5.41, 5.74) is 8.98. The number of fused-ring (bicyclic) bond motifs is 1. The molecule has 5 rings (SSSR count). The van der Waals surface area contributed by atoms with Crippen LogP contribution in [-0.4, -0.2) is 42.2 Å². The van der Waals surface area contributed by atoms with Crippen molar-refractivity contribution in [1.82, 2.24) is 4.98 Å². The van der Waals surface area contributed by atoms with Gasteiger partial charge in [-0.1, -0.05) is 41.4 Å². The van der Waals surface area contributed by atoms with Gasteiger partial charge in [0.05, 0.1) is 18.4 Å². The molecule has 0 saturated heterocycles. The van der Waals surface area contributed by atoms with Crippen molar-refractivity contribution in [1.29, 1.82) is 0 Å². The summed E-state index contributed by atoms with van der Waals surface area (Å²) in [5, 5.41) is 14.1. The molecule has 0 radical (unpaired) electrons. The lowest BCUT2D eigenvalue weighted by Crippen LogP contribution is -2.34. The Morgan fingerprint density at radius 2 is 1.82 bits per heavy atom. The molecule has 8 nitrogen and oxygen atoms in total. The number of ether oxygens (including phenoxy) is 1. The smallest absolute Gasteiger partial charge is 0.336 e. The minimum absolute atomic E-state index is 0.248. The number of carboxylic acid groups (broad SMARTS) is 1. The van der Waals surface area contributed by atoms with Gasteiger partial charge in [-0.25, -0.2) is 9.78 Å². The second kappa shape index (κ2) is 12.5. The topological polar surface area (TPSA) is 118 Å². The molecule has 1 aliphatic heterocycles. The molecule has 0 aliphatic carbocycles. The van der Waals surface area contributed by atoms with E-state index in [4.69, 9.17) is 33.7 Å². The van der Waals surface area contributed by atoms with Crippen LogP contribution in [0.25, 0.3) is 11.1 Å². The third-order valence-corrected chi connectivity index (χ3v) is 6.70. The number of nitrogens with zero attached hydrogens (tertiary/aromatic N) is 2. The first kappa shape index (κ1) is 27.8. The summed E-state index contributed by atoms with van der Waals surface area (Å²) in [5.74, 6) is 0.0950. The molecule has 10 heteroatoms. The third-order valence-electron chi connectivity index (χ3n) is 6.09. The van der Waals surface area contributed by atoms with Crippen molar-refractivity contribution in [3.05, 3.63) is 106 Å². The van der Waals surface area contributed by atoms with Crippen molar-refractivity contribution in [2.75, 3.05) is 30.4 Å². The van der Waals surface area contributed by atoms with E-state index < -0.39 is 11.9 Å². The van der Waals surface area contributed by atoms with Crippen LogP contribution in [0.5, 0.6) is 5.75 Å². The van der Waals surface area contributed by atoms with E-state index in [1.165, 1.54) is 0 Å². The molecule has 1 aromatic heterocycles. The summed E-state index contributed by atoms with van der Waals surface area (Å²) >= 11 is 12.5. The van der Waals surface area contributed by atoms with E-state index in [9.17, 15) is 14.7 Å². The minimum atomic E-state index is -0.964. The summed E-state index contributed by atoms with van der Waals surface area (Å²) in [6.45, 7) is 2.10. The van der Waals surface area contributed by atoms with Gasteiger partial charge in [0.25, 0.3) is 0 Å². The number of hydrogen-bond donors (Lipinski definition) is 3. The van der Waals surface area contributed by atoms with Gasteiger partial charge in [0, 0.05) is 47.0 Å². The summed E-state index contributed by atoms with van der Waals surface area (Å²) in [6, 6.07) is 21.0. The Hall–Kier alpha value is -4.27. The zero-order valence-corrected chi connectivity index (χ0v) is 22.5. The number of nitrogens with two attached hydrogens (primary N) is 1. The van der Waals surface area contributed by atoms with E-state index in [0.29, 0.717) is 27.7 Å². The van der Waals surface area contributed by atoms with Crippen LogP contribution in [0.4, 0.5) is 11.5 Å². The SMILES string of the molecule is COc1ccc(C(N)=O)cc1.O=C(O)c1ccccc1-c1cnc2c(c1)N(Cc1cc(Cl)ccc1Cl)CCN2. The molecule has 0 spiro atoms. The maximum atomic E-state index is 11.6. The quantitative estimate of drug-likeness (QED) is 0.263. The summed E-state index contributed by atoms with van der Waals surface area (Å²) in [4.78, 5) is 28.9. The highest BCUT2D eigenvalue weighted by atomic mass is 35.5. The van der Waals surface area contributed by atoms with Gasteiger partial charge < -0.3 is 25.8 Å². The van der Waals surface area contributed by atoms with Gasteiger partial charge in [0.1, 0.15) is 11.6 Å². The zero-order valence-electron chi connectivity index (χ0n) is 21.0. The van der Waals surface area contributed by atoms with E-state index in [-0.39, 0.29) is 5.56 Å². The molecule has 0 unspecified atom stereocenters. The highest BCUT2D eigenvalue weighted by Crippen LogP contribution is 2.35. The molecule has 0 bridgehead atoms. The molecule has 0 saturated carbocycles. The number of benzene rings is 3. The Kier molecular flexibility index (Phi) is 8.91. The number of methoxy groups -OCH3 is 1. The average Bonchev–Trinajstić information content (AvgIpc) is 2.95. The molecule has 2 heterocycles. The Labute approximate surface area is 235 Å². The van der Waals surface area contributed by atoms with E-state index in [0.717, 1.165) is 41.5 Å². The van der Waals surface area contributed by atoms with E-state index in [1.54, 1.807) is 67.9 Å². The molecule has 39 heavy (non-hydrogen) atoms. The van der Waals surface area contributed by atoms with Gasteiger partial charge in [0.15, 0.2) is 0 Å². The molecule has 1 aliphatic rings. The van der Waals surface area contributed by atoms with Gasteiger partial charge in [-0.2, -0.15) is 0 Å². The fraction of sp³-hybridized carbons (Fsp3) is 0.138. The largest absolute Gasteiger partial charge is 0.497 e. The number of halogens is 2. The molecule has 0 atom stereocenters. The number of carboxylic acids is 1. The number of carbonyl (C=O) groups is 2. The van der Waals surface area contributed by atoms with Crippen molar-refractivity contribution in [3.8, 4) is 16.9 Å². The second-order valence-corrected chi connectivity index (χ2v) is 9.46. The number of rotatable bonds is 6. The maximum Gasteiger partial charge on any atom is 0.336 e. The first-order chi connectivity index (χ1) is 18.8. The molecule has 4 N–H and O–H groups in total. The molecule has 200 valence electrons. The zero-order chi connectivity index (χ0) is 27.9. The number of carbonyl (C=O) groups excluding carboxylic acids is 1. The lowest BCUT2D eigenvalue weighted by atomic mass is 10.0. The van der Waals surface area contributed by atoms with Gasteiger partial charge in [-0.05, 0) is 65.7 Å². The van der Waals surface area contributed by atoms with E-state index in [1.807, 2.05) is 18.2 Å². The number of aromatic nitrogens is 1. The van der Waals surface area contributed by atoms with E-state index >= 15 is 0 Å². The van der Waals surface area contributed by atoms with Crippen molar-refractivity contribution in [3.63, 3.8) is 0 Å². The highest BCUT2D eigenvalue weighted by Gasteiger charge is 2.21. The van der Waals surface area contributed by atoms with Crippen molar-refractivity contribution < 1.29 is 19.4 Å². The Balaban J connectivity index is 0.000000270. The third kappa shape index (κ3) is 6.79. The van der Waals surface area contributed by atoms with Crippen LogP contribution in [0.15, 0.2) is 79.0 Å². The summed E-state index contributed by atoms with van der Waals surface area (Å²) < 4.78 is 4.90. The molecule has 3 aromatic carbocycles. The number of hydrogen-bond acceptors (Lipinski definition) is 6. The number of primary amides is 1. The summed E-state index contributed by atoms with van der Waals surface area (Å²) in [7, 11) is 1.57. The van der Waals surface area contributed by atoms with E-state index in [2.05, 4.69) is 15.2 Å². The van der Waals surface area contributed by atoms with Crippen LogP contribution < -0.4 is 20.7 Å². The molecule has 4 aromatic rings. The van der Waals surface area contributed by atoms with Crippen LogP contribution in [0.3, 0.4) is 0 Å². The standard InChI is InChI=1S/C21H17Cl2N3O2.C8H9NO2/c22-15-5-6-18(23)14(9-15)12-26-8-7-24-20-19(26)10-13(11-25-20)16-3-1-2-4-17(16)21(27)28;1-11-7-4-2-6(3-5-7)8(9)10/h1-6,9-11H,7-8,12H2,(H,24,25)(H,27,28);2-5H,1H3,(H2,9,10). The molecular formula is C29H26Cl2N4O4. The predicted octanol–water partition coefficient (Wildman–Crippen LogP) is 5.98. The van der Waals surface area contributed by atoms with Crippen LogP contribution >= 0.6 is 23.2 Å². The lowest BCUT2D eigenvalue weighted by Gasteiger charge is -2.32. The maximum absolute atomic E-state index is 11.6. The number of aromatic carboxylic acids is 1. The molecule has 0 fully saturated rings. The number of pyridine rings is 1. The molecule has 1 amide bonds. The predicted molar refractivity (Wildman–Crippen MR) is 154 cm³/mol. The Morgan fingerprint density at radius 1 is 1.08 bits per heavy atom. The number of anilines is 2. The summed E-state index contributed by atoms with van der Waals surface area (Å²) in [6.07, 6.45) is 1.70. The average molecular weight is 565 g/mol. The highest BCUT2D eigenvalue weighted by molar-refractivity contribution is 6.33. The first-order valence-corrected chi connectivity index (χ1v) is 12.7. The second-order valence-electron chi connectivity index (χ2n) is 8.62. The first-order valence-electron chi connectivity index (χ1n) is 12.0. The number of amides is 1. The Bertz CT molecular complexity index is 1500. The molecular weight excluding hydrogens is 539 g/mol. The van der Waals surface area contributed by atoms with Crippen molar-refractivity contribution in [2.45, 2.75) is 6.54 Å². The fourth-order valence-electron chi connectivity index (χ4n) is 4.12. The van der Waals surface area contributed by atoms with Crippen LogP contribution in [0.1, 0.15) is 26.3 Å². The fourth-order valence-corrected chi connectivity index (χ4v) is 4.49. The van der Waals surface area contributed by atoms with Crippen LogP contribution in [-0.2, 0) is 6.54 Å². The van der Waals surface area contributed by atoms with Crippen molar-refractivity contribution >= 4 is 46.6 Å². The number of nitrogens with one attached hydrogen (secondary N) is 1. The lowest BCUT2D eigenvalue weighted by molar-refractivity contribution is 0.0697. The van der Waals surface area contributed by atoms with Crippen molar-refractivity contribution in [2.24, 2.45) is 5.73 Å². The van der Waals surface area contributed by atoms with Gasteiger partial charge in [-0.15, -0.1) is 0 Å². The minimum Gasteiger partial charge on any atom is -0.497 e. The Morgan fingerprint density at radius 3 is 2.51 bits per heavy atom. The monoisotopic (exact) mass is 564 g/mol.